The van der Waals surface area contributed by atoms with E-state index >= 15 is 0 Å². The molecule has 0 radical (unpaired) electrons. The molecule has 0 bridgehead atoms. The summed E-state index contributed by atoms with van der Waals surface area (Å²) >= 11 is 0. The number of carbonyl (C=O) groups excluding carboxylic acids is 1. The van der Waals surface area contributed by atoms with Crippen LogP contribution in [0.15, 0.2) is 47.4 Å². The largest absolute Gasteiger partial charge is 0.478 e. The highest BCUT2D eigenvalue weighted by Gasteiger charge is 2.23. The molecule has 27 heavy (non-hydrogen) atoms. The molecule has 1 fully saturated rings. The number of urea groups is 1. The molecule has 2 aromatic rings. The molecule has 0 spiro atoms. The Kier molecular flexibility index (Phi) is 5.04. The van der Waals surface area contributed by atoms with E-state index in [9.17, 15) is 18.0 Å². The number of rotatable bonds is 6. The van der Waals surface area contributed by atoms with Gasteiger partial charge in [-0.25, -0.2) is 18.0 Å². The van der Waals surface area contributed by atoms with Crippen LogP contribution in [-0.2, 0) is 10.0 Å². The van der Waals surface area contributed by atoms with E-state index in [0.29, 0.717) is 16.9 Å². The number of carbonyl (C=O) groups is 2. The first-order valence-corrected chi connectivity index (χ1v) is 9.77. The molecule has 4 N–H and O–H groups in total. The lowest BCUT2D eigenvalue weighted by atomic mass is 10.1. The van der Waals surface area contributed by atoms with Gasteiger partial charge < -0.3 is 15.7 Å². The van der Waals surface area contributed by atoms with Gasteiger partial charge in [0.25, 0.3) is 10.0 Å². The second-order valence-electron chi connectivity index (χ2n) is 6.34. The quantitative estimate of drug-likeness (QED) is 0.605. The second kappa shape index (κ2) is 7.28. The molecule has 0 atom stereocenters. The molecule has 0 aromatic heterocycles. The van der Waals surface area contributed by atoms with E-state index in [1.165, 1.54) is 24.3 Å². The number of carboxylic acids is 1. The van der Waals surface area contributed by atoms with Crippen LogP contribution in [0.1, 0.15) is 28.8 Å². The highest BCUT2D eigenvalue weighted by molar-refractivity contribution is 7.92. The van der Waals surface area contributed by atoms with Gasteiger partial charge in [-0.1, -0.05) is 6.07 Å². The zero-order chi connectivity index (χ0) is 19.6. The number of sulfonamides is 1. The van der Waals surface area contributed by atoms with Gasteiger partial charge >= 0.3 is 12.0 Å². The van der Waals surface area contributed by atoms with Gasteiger partial charge in [0.2, 0.25) is 0 Å². The van der Waals surface area contributed by atoms with Crippen LogP contribution in [0, 0.1) is 6.92 Å². The molecule has 0 unspecified atom stereocenters. The number of hydrogen-bond acceptors (Lipinski definition) is 4. The number of aromatic carboxylic acids is 1. The minimum absolute atomic E-state index is 0.0703. The highest BCUT2D eigenvalue weighted by atomic mass is 32.2. The zero-order valence-corrected chi connectivity index (χ0v) is 15.3. The van der Waals surface area contributed by atoms with Crippen molar-refractivity contribution in [2.75, 3.05) is 10.0 Å². The summed E-state index contributed by atoms with van der Waals surface area (Å²) in [5, 5.41) is 14.6. The maximum Gasteiger partial charge on any atom is 0.335 e. The smallest absolute Gasteiger partial charge is 0.335 e. The summed E-state index contributed by atoms with van der Waals surface area (Å²) in [6, 6.07) is 10.0. The topological polar surface area (TPSA) is 125 Å². The predicted octanol–water partition coefficient (Wildman–Crippen LogP) is 2.78. The Hall–Kier alpha value is -3.07. The van der Waals surface area contributed by atoms with Crippen LogP contribution in [0.25, 0.3) is 0 Å². The number of amides is 2. The monoisotopic (exact) mass is 389 g/mol. The van der Waals surface area contributed by atoms with Crippen LogP contribution < -0.4 is 15.4 Å². The fourth-order valence-electron chi connectivity index (χ4n) is 2.41. The lowest BCUT2D eigenvalue weighted by Crippen LogP contribution is -2.30. The van der Waals surface area contributed by atoms with E-state index in [1.54, 1.807) is 19.1 Å². The molecule has 8 nitrogen and oxygen atoms in total. The second-order valence-corrected chi connectivity index (χ2v) is 8.02. The van der Waals surface area contributed by atoms with E-state index in [0.717, 1.165) is 18.9 Å². The Morgan fingerprint density at radius 2 is 1.67 bits per heavy atom. The van der Waals surface area contributed by atoms with Gasteiger partial charge in [0, 0.05) is 17.4 Å². The van der Waals surface area contributed by atoms with Crippen molar-refractivity contribution in [1.82, 2.24) is 5.32 Å². The SMILES string of the molecule is Cc1ccc(S(=O)(=O)Nc2ccc(NC(=O)NC3CC3)cc2)cc1C(=O)O. The van der Waals surface area contributed by atoms with Crippen molar-refractivity contribution < 1.29 is 23.1 Å². The van der Waals surface area contributed by atoms with E-state index in [2.05, 4.69) is 15.4 Å². The fraction of sp³-hybridized carbons (Fsp3) is 0.222. The first kappa shape index (κ1) is 18.7. The number of hydrogen-bond donors (Lipinski definition) is 4. The van der Waals surface area contributed by atoms with Crippen molar-refractivity contribution in [2.45, 2.75) is 30.7 Å². The molecule has 1 aliphatic carbocycles. The van der Waals surface area contributed by atoms with Crippen LogP contribution in [0.5, 0.6) is 0 Å². The lowest BCUT2D eigenvalue weighted by molar-refractivity contribution is 0.0696. The van der Waals surface area contributed by atoms with Crippen LogP contribution >= 0.6 is 0 Å². The fourth-order valence-corrected chi connectivity index (χ4v) is 3.50. The maximum absolute atomic E-state index is 12.5. The third kappa shape index (κ3) is 4.76. The number of carboxylic acid groups (broad SMARTS) is 1. The third-order valence-electron chi connectivity index (χ3n) is 4.06. The summed E-state index contributed by atoms with van der Waals surface area (Å²) in [6.45, 7) is 1.60. The van der Waals surface area contributed by atoms with E-state index < -0.39 is 16.0 Å². The first-order chi connectivity index (χ1) is 12.7. The summed E-state index contributed by atoms with van der Waals surface area (Å²) in [6.07, 6.45) is 1.97. The van der Waals surface area contributed by atoms with Gasteiger partial charge in [-0.05, 0) is 61.7 Å². The van der Waals surface area contributed by atoms with Crippen molar-refractivity contribution >= 4 is 33.4 Å². The summed E-state index contributed by atoms with van der Waals surface area (Å²) in [5.74, 6) is -1.19. The van der Waals surface area contributed by atoms with Crippen LogP contribution in [0.4, 0.5) is 16.2 Å². The van der Waals surface area contributed by atoms with Crippen molar-refractivity contribution in [3.05, 3.63) is 53.6 Å². The average molecular weight is 389 g/mol. The summed E-state index contributed by atoms with van der Waals surface area (Å²) in [4.78, 5) is 22.8. The van der Waals surface area contributed by atoms with Crippen LogP contribution in [0.2, 0.25) is 0 Å². The molecule has 1 saturated carbocycles. The maximum atomic E-state index is 12.5. The van der Waals surface area contributed by atoms with Crippen LogP contribution in [0.3, 0.4) is 0 Å². The molecule has 9 heteroatoms. The number of aryl methyl sites for hydroxylation is 1. The standard InChI is InChI=1S/C18H19N3O5S/c1-11-2-9-15(10-16(11)17(22)23)27(25,26)21-14-7-5-13(6-8-14)20-18(24)19-12-3-4-12/h2,5-10,12,21H,3-4H2,1H3,(H,22,23)(H2,19,20,24). The van der Waals surface area contributed by atoms with Gasteiger partial charge in [0.1, 0.15) is 0 Å². The third-order valence-corrected chi connectivity index (χ3v) is 5.44. The summed E-state index contributed by atoms with van der Waals surface area (Å²) in [7, 11) is -3.94. The Morgan fingerprint density at radius 1 is 1.04 bits per heavy atom. The minimum atomic E-state index is -3.94. The molecule has 142 valence electrons. The van der Waals surface area contributed by atoms with Gasteiger partial charge in [0.15, 0.2) is 0 Å². The minimum Gasteiger partial charge on any atom is -0.478 e. The van der Waals surface area contributed by atoms with Crippen molar-refractivity contribution in [3.63, 3.8) is 0 Å². The molecule has 0 saturated heterocycles. The number of benzene rings is 2. The van der Waals surface area contributed by atoms with Gasteiger partial charge in [-0.2, -0.15) is 0 Å². The zero-order valence-electron chi connectivity index (χ0n) is 14.5. The van der Waals surface area contributed by atoms with Crippen LogP contribution in [-0.4, -0.2) is 31.6 Å². The van der Waals surface area contributed by atoms with Gasteiger partial charge in [-0.15, -0.1) is 0 Å². The average Bonchev–Trinajstić information content (AvgIpc) is 3.40. The van der Waals surface area contributed by atoms with E-state index in [4.69, 9.17) is 5.11 Å². The normalized spacial score (nSPS) is 13.7. The molecular formula is C18H19N3O5S. The van der Waals surface area contributed by atoms with Crippen molar-refractivity contribution in [1.29, 1.82) is 0 Å². The molecule has 0 aliphatic heterocycles. The number of nitrogens with one attached hydrogen (secondary N) is 3. The van der Waals surface area contributed by atoms with Gasteiger partial charge in [-0.3, -0.25) is 4.72 Å². The first-order valence-electron chi connectivity index (χ1n) is 8.29. The molecule has 3 rings (SSSR count). The van der Waals surface area contributed by atoms with Crippen molar-refractivity contribution in [2.24, 2.45) is 0 Å². The summed E-state index contributed by atoms with van der Waals surface area (Å²) in [5.41, 5.74) is 1.22. The lowest BCUT2D eigenvalue weighted by Gasteiger charge is -2.11. The molecule has 2 aromatic carbocycles. The Balaban J connectivity index is 1.71. The van der Waals surface area contributed by atoms with Gasteiger partial charge in [0.05, 0.1) is 10.5 Å². The Bertz CT molecular complexity index is 983. The van der Waals surface area contributed by atoms with E-state index in [-0.39, 0.29) is 22.5 Å². The molecule has 2 amide bonds. The Labute approximate surface area is 156 Å². The molecular weight excluding hydrogens is 370 g/mol. The van der Waals surface area contributed by atoms with E-state index in [1.807, 2.05) is 0 Å². The predicted molar refractivity (Wildman–Crippen MR) is 101 cm³/mol. The molecule has 1 aliphatic rings. The Morgan fingerprint density at radius 3 is 2.26 bits per heavy atom. The summed E-state index contributed by atoms with van der Waals surface area (Å²) < 4.78 is 27.4. The number of anilines is 2. The molecule has 0 heterocycles. The van der Waals surface area contributed by atoms with Crippen molar-refractivity contribution in [3.8, 4) is 0 Å². The highest BCUT2D eigenvalue weighted by Crippen LogP contribution is 2.21.